The van der Waals surface area contributed by atoms with E-state index in [0.29, 0.717) is 4.88 Å². The highest BCUT2D eigenvalue weighted by Gasteiger charge is 2.13. The topological polar surface area (TPSA) is 42.0 Å². The summed E-state index contributed by atoms with van der Waals surface area (Å²) in [7, 11) is 0. The molecule has 0 unspecified atom stereocenters. The molecule has 1 aromatic heterocycles. The highest BCUT2D eigenvalue weighted by Crippen LogP contribution is 2.23. The molecule has 0 aliphatic rings. The average molecular weight is 260 g/mol. The summed E-state index contributed by atoms with van der Waals surface area (Å²) < 4.78 is 0. The minimum atomic E-state index is -0.110. The SMILES string of the molecule is CC(C)(C)c1ccc(NC(=O)c2cncs2)cc1. The Morgan fingerprint density at radius 3 is 2.39 bits per heavy atom. The van der Waals surface area contributed by atoms with Gasteiger partial charge in [0.05, 0.1) is 11.7 Å². The van der Waals surface area contributed by atoms with Crippen LogP contribution in [-0.4, -0.2) is 10.9 Å². The number of nitrogens with one attached hydrogen (secondary N) is 1. The molecule has 0 saturated carbocycles. The molecule has 18 heavy (non-hydrogen) atoms. The first-order chi connectivity index (χ1) is 8.47. The van der Waals surface area contributed by atoms with E-state index in [2.05, 4.69) is 31.1 Å². The standard InChI is InChI=1S/C14H16N2OS/c1-14(2,3)10-4-6-11(7-5-10)16-13(17)12-8-15-9-18-12/h4-9H,1-3H3,(H,16,17). The smallest absolute Gasteiger partial charge is 0.267 e. The third-order valence-electron chi connectivity index (χ3n) is 2.66. The molecular formula is C14H16N2OS. The Bertz CT molecular complexity index is 524. The fourth-order valence-electron chi connectivity index (χ4n) is 1.57. The number of nitrogens with zero attached hydrogens (tertiary/aromatic N) is 1. The maximum atomic E-state index is 11.8. The van der Waals surface area contributed by atoms with Crippen molar-refractivity contribution < 1.29 is 4.79 Å². The van der Waals surface area contributed by atoms with Crippen LogP contribution in [0.2, 0.25) is 0 Å². The lowest BCUT2D eigenvalue weighted by Gasteiger charge is -2.19. The molecule has 2 rings (SSSR count). The zero-order chi connectivity index (χ0) is 13.2. The molecule has 0 aliphatic heterocycles. The van der Waals surface area contributed by atoms with Crippen molar-refractivity contribution in [2.24, 2.45) is 0 Å². The molecule has 94 valence electrons. The van der Waals surface area contributed by atoms with Crippen LogP contribution in [0.1, 0.15) is 36.0 Å². The van der Waals surface area contributed by atoms with Crippen LogP contribution in [0, 0.1) is 0 Å². The van der Waals surface area contributed by atoms with Gasteiger partial charge in [0.25, 0.3) is 5.91 Å². The van der Waals surface area contributed by atoms with E-state index < -0.39 is 0 Å². The first-order valence-electron chi connectivity index (χ1n) is 5.77. The number of thiazole rings is 1. The van der Waals surface area contributed by atoms with Gasteiger partial charge in [0, 0.05) is 5.69 Å². The van der Waals surface area contributed by atoms with E-state index >= 15 is 0 Å². The molecule has 0 atom stereocenters. The number of hydrogen-bond acceptors (Lipinski definition) is 3. The number of carbonyl (C=O) groups excluding carboxylic acids is 1. The second-order valence-electron chi connectivity index (χ2n) is 5.15. The number of anilines is 1. The number of benzene rings is 1. The van der Waals surface area contributed by atoms with Crippen LogP contribution in [0.15, 0.2) is 36.0 Å². The summed E-state index contributed by atoms with van der Waals surface area (Å²) in [4.78, 5) is 16.3. The van der Waals surface area contributed by atoms with Crippen molar-refractivity contribution in [2.45, 2.75) is 26.2 Å². The molecule has 1 N–H and O–H groups in total. The molecule has 0 bridgehead atoms. The molecule has 3 nitrogen and oxygen atoms in total. The molecule has 2 aromatic rings. The molecule has 1 heterocycles. The normalized spacial score (nSPS) is 11.3. The van der Waals surface area contributed by atoms with E-state index in [1.165, 1.54) is 16.9 Å². The molecule has 0 spiro atoms. The highest BCUT2D eigenvalue weighted by molar-refractivity contribution is 7.11. The minimum absolute atomic E-state index is 0.110. The fourth-order valence-corrected chi connectivity index (χ4v) is 2.09. The largest absolute Gasteiger partial charge is 0.321 e. The van der Waals surface area contributed by atoms with Crippen molar-refractivity contribution in [1.82, 2.24) is 4.98 Å². The monoisotopic (exact) mass is 260 g/mol. The lowest BCUT2D eigenvalue weighted by Crippen LogP contribution is -2.12. The summed E-state index contributed by atoms with van der Waals surface area (Å²) in [6.45, 7) is 6.49. The molecule has 0 fully saturated rings. The Hall–Kier alpha value is -1.68. The van der Waals surface area contributed by atoms with Gasteiger partial charge < -0.3 is 5.32 Å². The molecule has 1 amide bonds. The van der Waals surface area contributed by atoms with E-state index in [0.717, 1.165) is 5.69 Å². The van der Waals surface area contributed by atoms with Crippen LogP contribution in [0.3, 0.4) is 0 Å². The van der Waals surface area contributed by atoms with Crippen molar-refractivity contribution in [2.75, 3.05) is 5.32 Å². The van der Waals surface area contributed by atoms with Crippen LogP contribution in [0.4, 0.5) is 5.69 Å². The van der Waals surface area contributed by atoms with Crippen molar-refractivity contribution in [1.29, 1.82) is 0 Å². The lowest BCUT2D eigenvalue weighted by molar-refractivity contribution is 0.103. The Morgan fingerprint density at radius 1 is 1.22 bits per heavy atom. The molecule has 0 saturated heterocycles. The lowest BCUT2D eigenvalue weighted by atomic mass is 9.87. The van der Waals surface area contributed by atoms with Crippen LogP contribution >= 0.6 is 11.3 Å². The summed E-state index contributed by atoms with van der Waals surface area (Å²) in [5.41, 5.74) is 3.83. The van der Waals surface area contributed by atoms with Crippen LogP contribution < -0.4 is 5.32 Å². The van der Waals surface area contributed by atoms with Crippen LogP contribution in [0.25, 0.3) is 0 Å². The second kappa shape index (κ2) is 4.90. The quantitative estimate of drug-likeness (QED) is 0.894. The number of rotatable bonds is 2. The maximum absolute atomic E-state index is 11.8. The maximum Gasteiger partial charge on any atom is 0.267 e. The first kappa shape index (κ1) is 12.8. The van der Waals surface area contributed by atoms with E-state index in [1.807, 2.05) is 24.3 Å². The van der Waals surface area contributed by atoms with Gasteiger partial charge >= 0.3 is 0 Å². The average Bonchev–Trinajstić information content (AvgIpc) is 2.82. The second-order valence-corrected chi connectivity index (χ2v) is 6.03. The first-order valence-corrected chi connectivity index (χ1v) is 6.65. The van der Waals surface area contributed by atoms with Crippen LogP contribution in [0.5, 0.6) is 0 Å². The van der Waals surface area contributed by atoms with E-state index in [4.69, 9.17) is 0 Å². The number of carbonyl (C=O) groups is 1. The van der Waals surface area contributed by atoms with E-state index in [1.54, 1.807) is 11.7 Å². The fraction of sp³-hybridized carbons (Fsp3) is 0.286. The Kier molecular flexibility index (Phi) is 3.48. The Labute approximate surface area is 111 Å². The van der Waals surface area contributed by atoms with Gasteiger partial charge in [-0.15, -0.1) is 11.3 Å². The summed E-state index contributed by atoms with van der Waals surface area (Å²) in [5.74, 6) is -0.110. The van der Waals surface area contributed by atoms with Gasteiger partial charge in [-0.1, -0.05) is 32.9 Å². The summed E-state index contributed by atoms with van der Waals surface area (Å²) >= 11 is 1.33. The van der Waals surface area contributed by atoms with Gasteiger partial charge in [-0.2, -0.15) is 0 Å². The van der Waals surface area contributed by atoms with Crippen molar-refractivity contribution in [3.8, 4) is 0 Å². The van der Waals surface area contributed by atoms with Gasteiger partial charge in [-0.3, -0.25) is 9.78 Å². The predicted molar refractivity (Wildman–Crippen MR) is 75.2 cm³/mol. The number of amides is 1. The predicted octanol–water partition coefficient (Wildman–Crippen LogP) is 3.69. The molecule has 1 aromatic carbocycles. The van der Waals surface area contributed by atoms with E-state index in [9.17, 15) is 4.79 Å². The third kappa shape index (κ3) is 2.96. The number of hydrogen-bond donors (Lipinski definition) is 1. The Balaban J connectivity index is 2.09. The molecule has 0 aliphatic carbocycles. The summed E-state index contributed by atoms with van der Waals surface area (Å²) in [5, 5.41) is 2.85. The minimum Gasteiger partial charge on any atom is -0.321 e. The van der Waals surface area contributed by atoms with Gasteiger partial charge in [-0.05, 0) is 23.1 Å². The van der Waals surface area contributed by atoms with Gasteiger partial charge in [0.1, 0.15) is 4.88 Å². The highest BCUT2D eigenvalue weighted by atomic mass is 32.1. The van der Waals surface area contributed by atoms with Crippen molar-refractivity contribution in [3.63, 3.8) is 0 Å². The Morgan fingerprint density at radius 2 is 1.89 bits per heavy atom. The van der Waals surface area contributed by atoms with Crippen molar-refractivity contribution in [3.05, 3.63) is 46.4 Å². The van der Waals surface area contributed by atoms with Crippen molar-refractivity contribution >= 4 is 22.9 Å². The van der Waals surface area contributed by atoms with E-state index in [-0.39, 0.29) is 11.3 Å². The molecular weight excluding hydrogens is 244 g/mol. The zero-order valence-electron chi connectivity index (χ0n) is 10.7. The summed E-state index contributed by atoms with van der Waals surface area (Å²) in [6.07, 6.45) is 1.57. The molecule has 4 heteroatoms. The number of aromatic nitrogens is 1. The van der Waals surface area contributed by atoms with Gasteiger partial charge in [0.15, 0.2) is 0 Å². The molecule has 0 radical (unpaired) electrons. The summed E-state index contributed by atoms with van der Waals surface area (Å²) in [6, 6.07) is 7.95. The van der Waals surface area contributed by atoms with Gasteiger partial charge in [0.2, 0.25) is 0 Å². The van der Waals surface area contributed by atoms with Gasteiger partial charge in [-0.25, -0.2) is 0 Å². The third-order valence-corrected chi connectivity index (χ3v) is 3.44. The van der Waals surface area contributed by atoms with Crippen LogP contribution in [-0.2, 0) is 5.41 Å². The zero-order valence-corrected chi connectivity index (χ0v) is 11.5.